The summed E-state index contributed by atoms with van der Waals surface area (Å²) in [5, 5.41) is 11.7. The van der Waals surface area contributed by atoms with Crippen LogP contribution in [0.1, 0.15) is 5.56 Å². The molecule has 0 aliphatic heterocycles. The number of hydrogen-bond acceptors (Lipinski definition) is 3. The van der Waals surface area contributed by atoms with Gasteiger partial charge in [0.1, 0.15) is 0 Å². The molecule has 1 aromatic carbocycles. The minimum absolute atomic E-state index is 0.112. The van der Waals surface area contributed by atoms with Crippen LogP contribution < -0.4 is 5.32 Å². The van der Waals surface area contributed by atoms with Crippen molar-refractivity contribution in [1.82, 2.24) is 4.90 Å². The minimum atomic E-state index is -0.758. The van der Waals surface area contributed by atoms with Gasteiger partial charge in [0.05, 0.1) is 6.61 Å². The number of hydrogen-bond donors (Lipinski definition) is 2. The monoisotopic (exact) mass is 270 g/mol. The van der Waals surface area contributed by atoms with Crippen molar-refractivity contribution in [2.45, 2.75) is 6.92 Å². The van der Waals surface area contributed by atoms with E-state index in [0.29, 0.717) is 10.7 Å². The van der Waals surface area contributed by atoms with E-state index in [-0.39, 0.29) is 13.2 Å². The Hall–Kier alpha value is -1.59. The van der Waals surface area contributed by atoms with E-state index in [0.717, 1.165) is 10.5 Å². The molecule has 0 unspecified atom stereocenters. The third-order valence-corrected chi connectivity index (χ3v) is 2.81. The lowest BCUT2D eigenvalue weighted by Crippen LogP contribution is -2.38. The molecule has 98 valence electrons. The number of halogens is 1. The lowest BCUT2D eigenvalue weighted by molar-refractivity contribution is -0.142. The van der Waals surface area contributed by atoms with Gasteiger partial charge < -0.3 is 15.3 Å². The van der Waals surface area contributed by atoms with Crippen molar-refractivity contribution in [3.8, 4) is 0 Å². The van der Waals surface area contributed by atoms with Crippen molar-refractivity contribution in [2.75, 3.05) is 25.5 Å². The zero-order chi connectivity index (χ0) is 13.7. The first kappa shape index (κ1) is 14.5. The maximum Gasteiger partial charge on any atom is 0.313 e. The number of nitrogens with zero attached hydrogens (tertiary/aromatic N) is 1. The lowest BCUT2D eigenvalue weighted by Gasteiger charge is -2.15. The van der Waals surface area contributed by atoms with Gasteiger partial charge in [-0.1, -0.05) is 17.7 Å². The van der Waals surface area contributed by atoms with Crippen LogP contribution in [0, 0.1) is 6.92 Å². The molecule has 0 aromatic heterocycles. The van der Waals surface area contributed by atoms with Gasteiger partial charge in [0, 0.05) is 24.3 Å². The van der Waals surface area contributed by atoms with E-state index in [1.165, 1.54) is 7.05 Å². The van der Waals surface area contributed by atoms with E-state index in [4.69, 9.17) is 16.7 Å². The topological polar surface area (TPSA) is 69.6 Å². The van der Waals surface area contributed by atoms with Gasteiger partial charge in [-0.05, 0) is 24.6 Å². The number of aryl methyl sites for hydroxylation is 1. The summed E-state index contributed by atoms with van der Waals surface area (Å²) in [6, 6.07) is 4.99. The highest BCUT2D eigenvalue weighted by Gasteiger charge is 2.18. The second kappa shape index (κ2) is 6.37. The van der Waals surface area contributed by atoms with Crippen LogP contribution in [-0.4, -0.2) is 42.0 Å². The summed E-state index contributed by atoms with van der Waals surface area (Å²) in [6.07, 6.45) is 0. The van der Waals surface area contributed by atoms with Gasteiger partial charge in [0.25, 0.3) is 0 Å². The van der Waals surface area contributed by atoms with E-state index in [9.17, 15) is 9.59 Å². The average molecular weight is 271 g/mol. The van der Waals surface area contributed by atoms with Crippen molar-refractivity contribution in [3.63, 3.8) is 0 Å². The molecule has 1 rings (SSSR count). The zero-order valence-corrected chi connectivity index (χ0v) is 11.0. The molecule has 0 fully saturated rings. The Morgan fingerprint density at radius 2 is 2.11 bits per heavy atom. The summed E-state index contributed by atoms with van der Waals surface area (Å²) in [6.45, 7) is 1.76. The summed E-state index contributed by atoms with van der Waals surface area (Å²) in [5.41, 5.74) is 1.35. The van der Waals surface area contributed by atoms with Gasteiger partial charge in [-0.25, -0.2) is 0 Å². The number of likely N-dealkylation sites (N-methyl/N-ethyl adjacent to an activating group) is 1. The summed E-state index contributed by atoms with van der Waals surface area (Å²) < 4.78 is 0. The molecule has 0 saturated heterocycles. The Balaban J connectivity index is 2.69. The van der Waals surface area contributed by atoms with Crippen LogP contribution in [0.3, 0.4) is 0 Å². The molecule has 5 nitrogen and oxygen atoms in total. The number of aliphatic hydroxyl groups excluding tert-OH is 1. The minimum Gasteiger partial charge on any atom is -0.395 e. The number of carbonyl (C=O) groups is 2. The predicted molar refractivity (Wildman–Crippen MR) is 69.5 cm³/mol. The number of anilines is 1. The summed E-state index contributed by atoms with van der Waals surface area (Å²) in [5.74, 6) is -1.47. The Morgan fingerprint density at radius 3 is 2.67 bits per heavy atom. The Kier molecular flexibility index (Phi) is 5.12. The molecule has 1 aromatic rings. The third kappa shape index (κ3) is 3.72. The van der Waals surface area contributed by atoms with E-state index in [1.807, 2.05) is 6.92 Å². The van der Waals surface area contributed by atoms with Crippen LogP contribution in [-0.2, 0) is 9.59 Å². The summed E-state index contributed by atoms with van der Waals surface area (Å²) >= 11 is 5.91. The Bertz CT molecular complexity index is 463. The van der Waals surface area contributed by atoms with Gasteiger partial charge in [-0.3, -0.25) is 9.59 Å². The zero-order valence-electron chi connectivity index (χ0n) is 10.2. The normalized spacial score (nSPS) is 10.0. The van der Waals surface area contributed by atoms with Gasteiger partial charge in [0.15, 0.2) is 0 Å². The van der Waals surface area contributed by atoms with Gasteiger partial charge in [0.2, 0.25) is 0 Å². The first-order valence-electron chi connectivity index (χ1n) is 5.39. The highest BCUT2D eigenvalue weighted by molar-refractivity contribution is 6.39. The first-order valence-corrected chi connectivity index (χ1v) is 5.77. The molecular formula is C12H15ClN2O3. The number of rotatable bonds is 3. The molecule has 18 heavy (non-hydrogen) atoms. The predicted octanol–water partition coefficient (Wildman–Crippen LogP) is 1.04. The van der Waals surface area contributed by atoms with Crippen molar-refractivity contribution >= 4 is 29.1 Å². The van der Waals surface area contributed by atoms with E-state index >= 15 is 0 Å². The molecule has 0 saturated carbocycles. The molecule has 0 atom stereocenters. The van der Waals surface area contributed by atoms with Gasteiger partial charge in [-0.15, -0.1) is 0 Å². The molecule has 0 bridgehead atoms. The second-order valence-corrected chi connectivity index (χ2v) is 4.28. The van der Waals surface area contributed by atoms with Crippen LogP contribution in [0.2, 0.25) is 5.02 Å². The summed E-state index contributed by atoms with van der Waals surface area (Å²) in [7, 11) is 1.44. The standard InChI is InChI=1S/C12H15ClN2O3/c1-8-3-4-9(7-10(8)13)14-11(17)12(18)15(2)5-6-16/h3-4,7,16H,5-6H2,1-2H3,(H,14,17). The van der Waals surface area contributed by atoms with Gasteiger partial charge in [-0.2, -0.15) is 0 Å². The fourth-order valence-corrected chi connectivity index (χ4v) is 1.46. The lowest BCUT2D eigenvalue weighted by atomic mass is 10.2. The molecule has 0 radical (unpaired) electrons. The highest BCUT2D eigenvalue weighted by atomic mass is 35.5. The van der Waals surface area contributed by atoms with Crippen molar-refractivity contribution in [1.29, 1.82) is 0 Å². The average Bonchev–Trinajstić information content (AvgIpc) is 2.33. The summed E-state index contributed by atoms with van der Waals surface area (Å²) in [4.78, 5) is 24.3. The fraction of sp³-hybridized carbons (Fsp3) is 0.333. The van der Waals surface area contributed by atoms with E-state index in [1.54, 1.807) is 18.2 Å². The van der Waals surface area contributed by atoms with Crippen LogP contribution in [0.4, 0.5) is 5.69 Å². The quantitative estimate of drug-likeness (QED) is 0.807. The number of aliphatic hydroxyl groups is 1. The maximum absolute atomic E-state index is 11.6. The van der Waals surface area contributed by atoms with Crippen LogP contribution >= 0.6 is 11.6 Å². The third-order valence-electron chi connectivity index (χ3n) is 2.41. The molecule has 0 heterocycles. The van der Waals surface area contributed by atoms with Gasteiger partial charge >= 0.3 is 11.8 Å². The van der Waals surface area contributed by atoms with Crippen molar-refractivity contribution < 1.29 is 14.7 Å². The highest BCUT2D eigenvalue weighted by Crippen LogP contribution is 2.19. The smallest absolute Gasteiger partial charge is 0.313 e. The fourth-order valence-electron chi connectivity index (χ4n) is 1.28. The molecule has 0 spiro atoms. The largest absolute Gasteiger partial charge is 0.395 e. The van der Waals surface area contributed by atoms with Crippen LogP contribution in [0.15, 0.2) is 18.2 Å². The molecule has 2 N–H and O–H groups in total. The molecule has 2 amide bonds. The van der Waals surface area contributed by atoms with E-state index in [2.05, 4.69) is 5.32 Å². The maximum atomic E-state index is 11.6. The molecular weight excluding hydrogens is 256 g/mol. The SMILES string of the molecule is Cc1ccc(NC(=O)C(=O)N(C)CCO)cc1Cl. The Labute approximate surface area is 110 Å². The number of nitrogens with one attached hydrogen (secondary N) is 1. The molecule has 0 aliphatic rings. The molecule has 6 heteroatoms. The van der Waals surface area contributed by atoms with Crippen molar-refractivity contribution in [2.24, 2.45) is 0 Å². The second-order valence-electron chi connectivity index (χ2n) is 3.87. The van der Waals surface area contributed by atoms with Crippen LogP contribution in [0.25, 0.3) is 0 Å². The number of benzene rings is 1. The number of amides is 2. The molecule has 0 aliphatic carbocycles. The van der Waals surface area contributed by atoms with E-state index < -0.39 is 11.8 Å². The number of carbonyl (C=O) groups excluding carboxylic acids is 2. The Morgan fingerprint density at radius 1 is 1.44 bits per heavy atom. The first-order chi connectivity index (χ1) is 8.45. The van der Waals surface area contributed by atoms with Crippen molar-refractivity contribution in [3.05, 3.63) is 28.8 Å². The van der Waals surface area contributed by atoms with Crippen LogP contribution in [0.5, 0.6) is 0 Å².